The molecule has 19 heavy (non-hydrogen) atoms. The first-order valence-electron chi connectivity index (χ1n) is 5.50. The summed E-state index contributed by atoms with van der Waals surface area (Å²) >= 11 is 2.99. The topological polar surface area (TPSA) is 63.2 Å². The fraction of sp³-hybridized carbons (Fsp3) is 0.167. The van der Waals surface area contributed by atoms with Gasteiger partial charge in [0.15, 0.2) is 4.34 Å². The fourth-order valence-corrected chi connectivity index (χ4v) is 3.66. The van der Waals surface area contributed by atoms with Crippen LogP contribution in [-0.2, 0) is 4.79 Å². The number of hydrogen-bond acceptors (Lipinski definition) is 6. The third-order valence-electron chi connectivity index (χ3n) is 2.79. The Labute approximate surface area is 117 Å². The first-order valence-corrected chi connectivity index (χ1v) is 7.14. The van der Waals surface area contributed by atoms with E-state index >= 15 is 0 Å². The third kappa shape index (κ3) is 2.04. The number of aromatic nitrogens is 2. The van der Waals surface area contributed by atoms with E-state index in [1.54, 1.807) is 13.1 Å². The lowest BCUT2D eigenvalue weighted by Crippen LogP contribution is -2.24. The molecule has 0 spiro atoms. The van der Waals surface area contributed by atoms with Crippen LogP contribution in [0.4, 0.5) is 5.69 Å². The van der Waals surface area contributed by atoms with Crippen LogP contribution in [0, 0.1) is 6.92 Å². The van der Waals surface area contributed by atoms with Gasteiger partial charge in [-0.25, -0.2) is 0 Å². The van der Waals surface area contributed by atoms with Gasteiger partial charge in [-0.3, -0.25) is 9.59 Å². The van der Waals surface area contributed by atoms with Crippen molar-refractivity contribution in [3.8, 4) is 0 Å². The molecule has 96 valence electrons. The number of aryl methyl sites for hydroxylation is 1. The lowest BCUT2D eigenvalue weighted by atomic mass is 10.1. The minimum absolute atomic E-state index is 0.444. The number of carbonyl (C=O) groups is 2. The van der Waals surface area contributed by atoms with Crippen LogP contribution in [0.15, 0.2) is 27.4 Å². The number of amides is 1. The van der Waals surface area contributed by atoms with Crippen LogP contribution in [0.3, 0.4) is 0 Å². The summed E-state index contributed by atoms with van der Waals surface area (Å²) in [5.74, 6) is -0.926. The zero-order valence-electron chi connectivity index (χ0n) is 10.2. The largest absolute Gasteiger partial charge is 0.308 e. The van der Waals surface area contributed by atoms with Crippen LogP contribution in [-0.4, -0.2) is 28.9 Å². The van der Waals surface area contributed by atoms with Crippen molar-refractivity contribution in [2.45, 2.75) is 16.2 Å². The van der Waals surface area contributed by atoms with Gasteiger partial charge in [0, 0.05) is 11.9 Å². The molecular weight excluding hydrogens is 282 g/mol. The molecule has 5 nitrogen and oxygen atoms in total. The summed E-state index contributed by atoms with van der Waals surface area (Å²) in [4.78, 5) is 25.6. The maximum Gasteiger partial charge on any atom is 0.299 e. The predicted octanol–water partition coefficient (Wildman–Crippen LogP) is 2.16. The van der Waals surface area contributed by atoms with Crippen molar-refractivity contribution in [3.05, 3.63) is 28.8 Å². The van der Waals surface area contributed by atoms with Crippen molar-refractivity contribution in [2.75, 3.05) is 11.9 Å². The molecule has 0 fully saturated rings. The van der Waals surface area contributed by atoms with E-state index in [0.29, 0.717) is 11.3 Å². The first kappa shape index (κ1) is 12.3. The van der Waals surface area contributed by atoms with Crippen molar-refractivity contribution in [1.29, 1.82) is 0 Å². The number of Topliss-reactive ketones (excluding diaryl/α,β-unsaturated/α-hetero) is 1. The number of rotatable bonds is 2. The van der Waals surface area contributed by atoms with E-state index in [9.17, 15) is 9.59 Å². The van der Waals surface area contributed by atoms with Gasteiger partial charge in [-0.1, -0.05) is 23.1 Å². The zero-order valence-corrected chi connectivity index (χ0v) is 11.8. The maximum atomic E-state index is 11.7. The minimum atomic E-state index is -0.482. The van der Waals surface area contributed by atoms with Crippen molar-refractivity contribution >= 4 is 40.5 Å². The number of ketones is 1. The van der Waals surface area contributed by atoms with Gasteiger partial charge >= 0.3 is 0 Å². The van der Waals surface area contributed by atoms with Crippen LogP contribution in [0.1, 0.15) is 15.4 Å². The van der Waals surface area contributed by atoms with E-state index in [0.717, 1.165) is 14.2 Å². The molecule has 0 aliphatic carbocycles. The molecule has 0 radical (unpaired) electrons. The second-order valence-corrected chi connectivity index (χ2v) is 6.56. The Bertz CT molecular complexity index is 696. The van der Waals surface area contributed by atoms with Gasteiger partial charge in [0.25, 0.3) is 11.7 Å². The molecule has 1 aromatic heterocycles. The standard InChI is InChI=1S/C12H9N3O2S2/c1-6-13-14-12(18-6)19-7-3-4-8-9(5-7)15(2)11(17)10(8)16/h3-5H,1-2H3. The Hall–Kier alpha value is -1.73. The van der Waals surface area contributed by atoms with Gasteiger partial charge < -0.3 is 4.90 Å². The number of carbonyl (C=O) groups excluding carboxylic acids is 2. The molecule has 0 unspecified atom stereocenters. The number of anilines is 1. The lowest BCUT2D eigenvalue weighted by molar-refractivity contribution is -0.114. The third-order valence-corrected chi connectivity index (χ3v) is 4.67. The molecule has 1 aliphatic heterocycles. The van der Waals surface area contributed by atoms with Crippen LogP contribution in [0.25, 0.3) is 0 Å². The first-order chi connectivity index (χ1) is 9.06. The minimum Gasteiger partial charge on any atom is -0.308 e. The van der Waals surface area contributed by atoms with E-state index in [4.69, 9.17) is 0 Å². The van der Waals surface area contributed by atoms with Crippen LogP contribution in [0.2, 0.25) is 0 Å². The average Bonchev–Trinajstić information content (AvgIpc) is 2.89. The average molecular weight is 291 g/mol. The highest BCUT2D eigenvalue weighted by Gasteiger charge is 2.33. The van der Waals surface area contributed by atoms with E-state index in [-0.39, 0.29) is 0 Å². The van der Waals surface area contributed by atoms with E-state index in [1.807, 2.05) is 19.1 Å². The molecule has 1 amide bonds. The monoisotopic (exact) mass is 291 g/mol. The van der Waals surface area contributed by atoms with Gasteiger partial charge in [0.2, 0.25) is 0 Å². The Morgan fingerprint density at radius 2 is 2.05 bits per heavy atom. The SMILES string of the molecule is Cc1nnc(Sc2ccc3c(c2)N(C)C(=O)C3=O)s1. The molecule has 0 atom stereocenters. The lowest BCUT2D eigenvalue weighted by Gasteiger charge is -2.09. The van der Waals surface area contributed by atoms with Crippen molar-refractivity contribution in [2.24, 2.45) is 0 Å². The molecule has 0 N–H and O–H groups in total. The highest BCUT2D eigenvalue weighted by Crippen LogP contribution is 2.35. The van der Waals surface area contributed by atoms with Crippen molar-refractivity contribution < 1.29 is 9.59 Å². The predicted molar refractivity (Wildman–Crippen MR) is 73.0 cm³/mol. The van der Waals surface area contributed by atoms with Crippen molar-refractivity contribution in [1.82, 2.24) is 10.2 Å². The molecule has 7 heteroatoms. The van der Waals surface area contributed by atoms with E-state index in [2.05, 4.69) is 10.2 Å². The summed E-state index contributed by atoms with van der Waals surface area (Å²) in [5.41, 5.74) is 1.12. The molecule has 2 heterocycles. The van der Waals surface area contributed by atoms with Gasteiger partial charge in [0.05, 0.1) is 11.3 Å². The molecule has 3 rings (SSSR count). The summed E-state index contributed by atoms with van der Waals surface area (Å²) in [6.07, 6.45) is 0. The molecule has 0 bridgehead atoms. The number of nitrogens with zero attached hydrogens (tertiary/aromatic N) is 3. The summed E-state index contributed by atoms with van der Waals surface area (Å²) in [6.45, 7) is 1.90. The Balaban J connectivity index is 1.95. The van der Waals surface area contributed by atoms with Gasteiger partial charge in [0.1, 0.15) is 5.01 Å². The summed E-state index contributed by atoms with van der Waals surface area (Å²) < 4.78 is 0.843. The Morgan fingerprint density at radius 1 is 1.26 bits per heavy atom. The fourth-order valence-electron chi connectivity index (χ4n) is 1.84. The maximum absolute atomic E-state index is 11.7. The molecule has 1 aromatic carbocycles. The van der Waals surface area contributed by atoms with E-state index in [1.165, 1.54) is 28.0 Å². The molecule has 1 aliphatic rings. The molecule has 0 saturated heterocycles. The van der Waals surface area contributed by atoms with Crippen LogP contribution in [0.5, 0.6) is 0 Å². The molecule has 0 saturated carbocycles. The second kappa shape index (κ2) is 4.43. The number of benzene rings is 1. The molecule has 2 aromatic rings. The Kier molecular flexibility index (Phi) is 2.87. The number of likely N-dealkylation sites (N-methyl/N-ethyl adjacent to an activating group) is 1. The summed E-state index contributed by atoms with van der Waals surface area (Å²) in [6, 6.07) is 5.35. The summed E-state index contributed by atoms with van der Waals surface area (Å²) in [7, 11) is 1.61. The van der Waals surface area contributed by atoms with Gasteiger partial charge in [-0.2, -0.15) is 0 Å². The van der Waals surface area contributed by atoms with Crippen LogP contribution >= 0.6 is 23.1 Å². The Morgan fingerprint density at radius 3 is 2.74 bits per heavy atom. The van der Waals surface area contributed by atoms with Gasteiger partial charge in [-0.15, -0.1) is 10.2 Å². The second-order valence-electron chi connectivity index (χ2n) is 4.06. The quantitative estimate of drug-likeness (QED) is 0.793. The van der Waals surface area contributed by atoms with E-state index < -0.39 is 11.7 Å². The molecular formula is C12H9N3O2S2. The number of hydrogen-bond donors (Lipinski definition) is 0. The normalized spacial score (nSPS) is 14.1. The van der Waals surface area contributed by atoms with Crippen molar-refractivity contribution in [3.63, 3.8) is 0 Å². The number of fused-ring (bicyclic) bond motifs is 1. The van der Waals surface area contributed by atoms with Gasteiger partial charge in [-0.05, 0) is 25.1 Å². The summed E-state index contributed by atoms with van der Waals surface area (Å²) in [5, 5.41) is 8.90. The highest BCUT2D eigenvalue weighted by atomic mass is 32.2. The highest BCUT2D eigenvalue weighted by molar-refractivity contribution is 8.01. The zero-order chi connectivity index (χ0) is 13.6. The smallest absolute Gasteiger partial charge is 0.299 e. The van der Waals surface area contributed by atoms with Crippen LogP contribution < -0.4 is 4.90 Å².